The highest BCUT2D eigenvalue weighted by atomic mass is 32.2. The molecule has 0 fully saturated rings. The minimum atomic E-state index is -3.69. The van der Waals surface area contributed by atoms with Crippen molar-refractivity contribution in [1.82, 2.24) is 9.29 Å². The van der Waals surface area contributed by atoms with Crippen LogP contribution in [0.1, 0.15) is 29.9 Å². The number of aromatic nitrogens is 1. The van der Waals surface area contributed by atoms with E-state index in [4.69, 9.17) is 5.73 Å². The van der Waals surface area contributed by atoms with Gasteiger partial charge in [-0.15, -0.1) is 0 Å². The molecule has 1 aromatic heterocycles. The summed E-state index contributed by atoms with van der Waals surface area (Å²) in [5.41, 5.74) is 6.58. The van der Waals surface area contributed by atoms with Gasteiger partial charge in [0.15, 0.2) is 0 Å². The number of rotatable bonds is 8. The van der Waals surface area contributed by atoms with Crippen LogP contribution in [-0.2, 0) is 23.5 Å². The van der Waals surface area contributed by atoms with Crippen LogP contribution in [0.25, 0.3) is 0 Å². The fraction of sp³-hybridized carbons (Fsp3) is 0.389. The van der Waals surface area contributed by atoms with E-state index in [1.807, 2.05) is 30.3 Å². The molecular weight excluding hydrogens is 338 g/mol. The molecule has 0 aliphatic heterocycles. The lowest BCUT2D eigenvalue weighted by Gasteiger charge is -2.21. The number of nitrogens with one attached hydrogen (secondary N) is 1. The number of aryl methyl sites for hydroxylation is 1. The molecule has 1 heterocycles. The zero-order valence-electron chi connectivity index (χ0n) is 14.8. The summed E-state index contributed by atoms with van der Waals surface area (Å²) >= 11 is 0. The Hall–Kier alpha value is -2.12. The maximum absolute atomic E-state index is 12.5. The number of hydrogen-bond donors (Lipinski definition) is 2. The summed E-state index contributed by atoms with van der Waals surface area (Å²) in [6, 6.07) is 11.3. The second kappa shape index (κ2) is 7.84. The molecule has 0 aliphatic rings. The molecule has 1 amide bonds. The van der Waals surface area contributed by atoms with Gasteiger partial charge in [-0.1, -0.05) is 44.2 Å². The number of hydrogen-bond acceptors (Lipinski definition) is 3. The Kier molecular flexibility index (Phi) is 6.02. The maximum Gasteiger partial charge on any atom is 0.265 e. The Morgan fingerprint density at radius 2 is 1.88 bits per heavy atom. The lowest BCUT2D eigenvalue weighted by molar-refractivity contribution is 0.0992. The first-order chi connectivity index (χ1) is 11.7. The summed E-state index contributed by atoms with van der Waals surface area (Å²) in [5, 5.41) is 0. The number of benzene rings is 1. The Morgan fingerprint density at radius 1 is 1.24 bits per heavy atom. The molecular formula is C18H25N3O3S. The van der Waals surface area contributed by atoms with Gasteiger partial charge in [-0.05, 0) is 29.9 Å². The van der Waals surface area contributed by atoms with Gasteiger partial charge in [0.1, 0.15) is 10.6 Å². The van der Waals surface area contributed by atoms with Gasteiger partial charge in [0.25, 0.3) is 5.91 Å². The van der Waals surface area contributed by atoms with Crippen LogP contribution in [0, 0.1) is 11.8 Å². The number of sulfonamides is 1. The van der Waals surface area contributed by atoms with Crippen LogP contribution >= 0.6 is 0 Å². The van der Waals surface area contributed by atoms with Gasteiger partial charge in [-0.2, -0.15) is 0 Å². The summed E-state index contributed by atoms with van der Waals surface area (Å²) < 4.78 is 29.1. The lowest BCUT2D eigenvalue weighted by atomic mass is 9.89. The van der Waals surface area contributed by atoms with E-state index in [9.17, 15) is 13.2 Å². The first kappa shape index (κ1) is 19.2. The average molecular weight is 363 g/mol. The largest absolute Gasteiger partial charge is 0.364 e. The number of carbonyl (C=O) groups excluding carboxylic acids is 1. The van der Waals surface area contributed by atoms with E-state index in [1.54, 1.807) is 7.05 Å². The Bertz CT molecular complexity index is 827. The van der Waals surface area contributed by atoms with E-state index in [-0.39, 0.29) is 16.5 Å². The Balaban J connectivity index is 2.11. The molecule has 2 aromatic rings. The smallest absolute Gasteiger partial charge is 0.265 e. The van der Waals surface area contributed by atoms with Crippen molar-refractivity contribution in [2.24, 2.45) is 24.6 Å². The van der Waals surface area contributed by atoms with Gasteiger partial charge in [-0.3, -0.25) is 4.79 Å². The Morgan fingerprint density at radius 3 is 2.40 bits per heavy atom. The second-order valence-electron chi connectivity index (χ2n) is 6.58. The van der Waals surface area contributed by atoms with Crippen molar-refractivity contribution in [1.29, 1.82) is 0 Å². The molecule has 2 rings (SSSR count). The van der Waals surface area contributed by atoms with E-state index in [1.165, 1.54) is 22.4 Å². The van der Waals surface area contributed by atoms with Crippen LogP contribution in [0.2, 0.25) is 0 Å². The third-order valence-electron chi connectivity index (χ3n) is 4.36. The standard InChI is InChI=1S/C18H25N3O3S/c1-13(2)15(9-14-7-5-4-6-8-14)11-20-25(23,24)16-10-17(18(19)22)21(3)12-16/h4-8,10,12-13,15,20H,9,11H2,1-3H3,(H2,19,22)/t15-/m1/s1. The van der Waals surface area contributed by atoms with Crippen molar-refractivity contribution in [3.8, 4) is 0 Å². The molecule has 25 heavy (non-hydrogen) atoms. The van der Waals surface area contributed by atoms with Gasteiger partial charge < -0.3 is 10.3 Å². The van der Waals surface area contributed by atoms with E-state index < -0.39 is 15.9 Å². The number of amides is 1. The maximum atomic E-state index is 12.5. The van der Waals surface area contributed by atoms with Crippen LogP contribution in [0.15, 0.2) is 47.5 Å². The molecule has 0 unspecified atom stereocenters. The van der Waals surface area contributed by atoms with E-state index in [2.05, 4.69) is 18.6 Å². The molecule has 0 saturated carbocycles. The Labute approximate surface area is 149 Å². The van der Waals surface area contributed by atoms with Gasteiger partial charge in [0.2, 0.25) is 10.0 Å². The molecule has 1 atom stereocenters. The summed E-state index contributed by atoms with van der Waals surface area (Å²) in [4.78, 5) is 11.4. The fourth-order valence-electron chi connectivity index (χ4n) is 2.69. The topological polar surface area (TPSA) is 94.2 Å². The monoisotopic (exact) mass is 363 g/mol. The van der Waals surface area contributed by atoms with Crippen molar-refractivity contribution in [3.05, 3.63) is 53.9 Å². The van der Waals surface area contributed by atoms with Gasteiger partial charge in [-0.25, -0.2) is 13.1 Å². The summed E-state index contributed by atoms with van der Waals surface area (Å²) in [6.45, 7) is 4.49. The van der Waals surface area contributed by atoms with Crippen molar-refractivity contribution >= 4 is 15.9 Å². The molecule has 6 nitrogen and oxygen atoms in total. The van der Waals surface area contributed by atoms with Crippen LogP contribution in [0.3, 0.4) is 0 Å². The summed E-state index contributed by atoms with van der Waals surface area (Å²) in [5.74, 6) is -0.176. The van der Waals surface area contributed by atoms with Gasteiger partial charge in [0, 0.05) is 19.8 Å². The second-order valence-corrected chi connectivity index (χ2v) is 8.35. The van der Waals surface area contributed by atoms with Gasteiger partial charge in [0.05, 0.1) is 0 Å². The summed E-state index contributed by atoms with van der Waals surface area (Å²) in [6.07, 6.45) is 2.19. The van der Waals surface area contributed by atoms with Crippen molar-refractivity contribution in [3.63, 3.8) is 0 Å². The number of nitrogens with zero attached hydrogens (tertiary/aromatic N) is 1. The van der Waals surface area contributed by atoms with E-state index >= 15 is 0 Å². The van der Waals surface area contributed by atoms with Crippen molar-refractivity contribution in [2.45, 2.75) is 25.2 Å². The van der Waals surface area contributed by atoms with Crippen LogP contribution in [0.4, 0.5) is 0 Å². The van der Waals surface area contributed by atoms with Crippen LogP contribution in [-0.4, -0.2) is 25.4 Å². The highest BCUT2D eigenvalue weighted by Gasteiger charge is 2.22. The van der Waals surface area contributed by atoms with Crippen LogP contribution < -0.4 is 10.5 Å². The molecule has 1 aromatic carbocycles. The predicted molar refractivity (Wildman–Crippen MR) is 97.6 cm³/mol. The SMILES string of the molecule is CC(C)[C@@H](CNS(=O)(=O)c1cc(C(N)=O)n(C)c1)Cc1ccccc1. The molecule has 0 saturated heterocycles. The number of nitrogens with two attached hydrogens (primary N) is 1. The molecule has 7 heteroatoms. The fourth-order valence-corrected chi connectivity index (χ4v) is 3.85. The number of carbonyl (C=O) groups is 1. The molecule has 3 N–H and O–H groups in total. The zero-order chi connectivity index (χ0) is 18.6. The highest BCUT2D eigenvalue weighted by Crippen LogP contribution is 2.18. The highest BCUT2D eigenvalue weighted by molar-refractivity contribution is 7.89. The predicted octanol–water partition coefficient (Wildman–Crippen LogP) is 1.92. The van der Waals surface area contributed by atoms with E-state index in [0.29, 0.717) is 12.5 Å². The van der Waals surface area contributed by atoms with Gasteiger partial charge >= 0.3 is 0 Å². The first-order valence-electron chi connectivity index (χ1n) is 8.20. The van der Waals surface area contributed by atoms with E-state index in [0.717, 1.165) is 6.42 Å². The third kappa shape index (κ3) is 4.93. The molecule has 0 spiro atoms. The molecule has 0 bridgehead atoms. The number of primary amides is 1. The first-order valence-corrected chi connectivity index (χ1v) is 9.68. The minimum Gasteiger partial charge on any atom is -0.364 e. The molecule has 136 valence electrons. The van der Waals surface area contributed by atoms with Crippen molar-refractivity contribution in [2.75, 3.05) is 6.54 Å². The average Bonchev–Trinajstić information content (AvgIpc) is 2.95. The van der Waals surface area contributed by atoms with Crippen LogP contribution in [0.5, 0.6) is 0 Å². The minimum absolute atomic E-state index is 0.0472. The third-order valence-corrected chi connectivity index (χ3v) is 5.75. The zero-order valence-corrected chi connectivity index (χ0v) is 15.6. The normalized spacial score (nSPS) is 13.1. The molecule has 0 aliphatic carbocycles. The quantitative estimate of drug-likeness (QED) is 0.750. The summed E-state index contributed by atoms with van der Waals surface area (Å²) in [7, 11) is -2.11. The van der Waals surface area contributed by atoms with Crippen molar-refractivity contribution < 1.29 is 13.2 Å². The molecule has 0 radical (unpaired) electrons. The lowest BCUT2D eigenvalue weighted by Crippen LogP contribution is -2.32.